The number of nitrogens with two attached hydrogens (primary N) is 1. The van der Waals surface area contributed by atoms with Crippen molar-refractivity contribution < 1.29 is 23.5 Å². The van der Waals surface area contributed by atoms with Crippen molar-refractivity contribution in [2.75, 3.05) is 17.7 Å². The second kappa shape index (κ2) is 8.63. The highest BCUT2D eigenvalue weighted by Gasteiger charge is 2.26. The van der Waals surface area contributed by atoms with Crippen LogP contribution < -0.4 is 11.1 Å². The Morgan fingerprint density at radius 2 is 2.03 bits per heavy atom. The molecule has 30 heavy (non-hydrogen) atoms. The molecule has 0 saturated carbocycles. The Labute approximate surface area is 175 Å². The van der Waals surface area contributed by atoms with Crippen LogP contribution in [0.5, 0.6) is 0 Å². The van der Waals surface area contributed by atoms with Crippen LogP contribution in [-0.4, -0.2) is 24.3 Å². The quantitative estimate of drug-likeness (QED) is 0.455. The molecule has 1 aromatic carbocycles. The molecule has 0 aliphatic heterocycles. The zero-order valence-electron chi connectivity index (χ0n) is 16.1. The standard InChI is InChI=1S/C21H17N3O5S/c1-3-28-21(27)12-8-15(29-10-12)17(25)18-16(23)14(9-22)20(30-18)24-19(26)13-7-5-4-6-11(13)2/h4-8,10H,3,23H2,1-2H3,(H,24,26). The third-order valence-electron chi connectivity index (χ3n) is 4.21. The molecule has 2 heterocycles. The Kier molecular flexibility index (Phi) is 5.99. The molecule has 2 aromatic heterocycles. The summed E-state index contributed by atoms with van der Waals surface area (Å²) < 4.78 is 10.0. The molecule has 8 nitrogen and oxygen atoms in total. The number of benzene rings is 1. The van der Waals surface area contributed by atoms with E-state index in [2.05, 4.69) is 5.32 Å². The molecule has 9 heteroatoms. The summed E-state index contributed by atoms with van der Waals surface area (Å²) in [5.41, 5.74) is 7.20. The lowest BCUT2D eigenvalue weighted by atomic mass is 10.1. The molecule has 3 aromatic rings. The van der Waals surface area contributed by atoms with Gasteiger partial charge in [-0.15, -0.1) is 11.3 Å². The van der Waals surface area contributed by atoms with Crippen LogP contribution in [0.15, 0.2) is 41.0 Å². The number of anilines is 2. The van der Waals surface area contributed by atoms with E-state index in [1.165, 1.54) is 6.07 Å². The normalized spacial score (nSPS) is 10.3. The Hall–Kier alpha value is -3.90. The molecule has 3 N–H and O–H groups in total. The van der Waals surface area contributed by atoms with Gasteiger partial charge in [0.1, 0.15) is 27.8 Å². The number of hydrogen-bond donors (Lipinski definition) is 2. The van der Waals surface area contributed by atoms with Gasteiger partial charge in [0.15, 0.2) is 5.76 Å². The lowest BCUT2D eigenvalue weighted by molar-refractivity contribution is 0.0525. The first-order valence-electron chi connectivity index (χ1n) is 8.87. The van der Waals surface area contributed by atoms with Gasteiger partial charge in [0.2, 0.25) is 5.78 Å². The molecule has 1 amide bonds. The van der Waals surface area contributed by atoms with Crippen LogP contribution in [0.1, 0.15) is 54.2 Å². The summed E-state index contributed by atoms with van der Waals surface area (Å²) in [5, 5.41) is 12.3. The molecule has 0 radical (unpaired) electrons. The van der Waals surface area contributed by atoms with E-state index in [1.807, 2.05) is 6.07 Å². The third-order valence-corrected chi connectivity index (χ3v) is 5.33. The van der Waals surface area contributed by atoms with Gasteiger partial charge in [-0.3, -0.25) is 9.59 Å². The molecule has 0 unspecified atom stereocenters. The van der Waals surface area contributed by atoms with Gasteiger partial charge in [0, 0.05) is 11.6 Å². The average molecular weight is 423 g/mol. The van der Waals surface area contributed by atoms with Crippen LogP contribution in [0.25, 0.3) is 0 Å². The summed E-state index contributed by atoms with van der Waals surface area (Å²) in [5.74, 6) is -1.79. The van der Waals surface area contributed by atoms with Gasteiger partial charge in [-0.1, -0.05) is 18.2 Å². The number of esters is 1. The minimum absolute atomic E-state index is 0.0116. The molecule has 3 rings (SSSR count). The predicted octanol–water partition coefficient (Wildman–Crippen LogP) is 3.76. The lowest BCUT2D eigenvalue weighted by Gasteiger charge is -2.05. The number of ether oxygens (including phenoxy) is 1. The molecular formula is C21H17N3O5S. The maximum Gasteiger partial charge on any atom is 0.341 e. The molecule has 0 saturated heterocycles. The van der Waals surface area contributed by atoms with Crippen LogP contribution in [0.4, 0.5) is 10.7 Å². The van der Waals surface area contributed by atoms with E-state index in [0.717, 1.165) is 23.2 Å². The van der Waals surface area contributed by atoms with E-state index in [4.69, 9.17) is 14.9 Å². The van der Waals surface area contributed by atoms with Crippen molar-refractivity contribution in [1.82, 2.24) is 0 Å². The number of thiophene rings is 1. The number of nitrogens with one attached hydrogen (secondary N) is 1. The SMILES string of the molecule is CCOC(=O)c1coc(C(=O)c2sc(NC(=O)c3ccccc3C)c(C#N)c2N)c1. The summed E-state index contributed by atoms with van der Waals surface area (Å²) in [6.45, 7) is 3.63. The number of nitrogens with zero attached hydrogens (tertiary/aromatic N) is 1. The number of amides is 1. The summed E-state index contributed by atoms with van der Waals surface area (Å²) >= 11 is 0.865. The smallest absolute Gasteiger partial charge is 0.341 e. The predicted molar refractivity (Wildman–Crippen MR) is 111 cm³/mol. The van der Waals surface area contributed by atoms with Crippen molar-refractivity contribution in [2.24, 2.45) is 0 Å². The number of carbonyl (C=O) groups is 3. The molecule has 0 atom stereocenters. The number of carbonyl (C=O) groups excluding carboxylic acids is 3. The highest BCUT2D eigenvalue weighted by atomic mass is 32.1. The lowest BCUT2D eigenvalue weighted by Crippen LogP contribution is -2.13. The van der Waals surface area contributed by atoms with Gasteiger partial charge >= 0.3 is 5.97 Å². The van der Waals surface area contributed by atoms with Crippen molar-refractivity contribution in [3.8, 4) is 6.07 Å². The summed E-state index contributed by atoms with van der Waals surface area (Å²) in [4.78, 5) is 37.2. The van der Waals surface area contributed by atoms with Crippen LogP contribution >= 0.6 is 11.3 Å². The van der Waals surface area contributed by atoms with E-state index >= 15 is 0 Å². The highest BCUT2D eigenvalue weighted by Crippen LogP contribution is 2.37. The largest absolute Gasteiger partial charge is 0.462 e. The molecule has 0 bridgehead atoms. The highest BCUT2D eigenvalue weighted by molar-refractivity contribution is 7.19. The Balaban J connectivity index is 1.91. The topological polar surface area (TPSA) is 135 Å². The van der Waals surface area contributed by atoms with Gasteiger partial charge in [-0.05, 0) is 25.5 Å². The zero-order chi connectivity index (χ0) is 21.8. The van der Waals surface area contributed by atoms with E-state index in [1.54, 1.807) is 38.1 Å². The number of aryl methyl sites for hydroxylation is 1. The van der Waals surface area contributed by atoms with Gasteiger partial charge in [-0.2, -0.15) is 5.26 Å². The fourth-order valence-corrected chi connectivity index (χ4v) is 3.71. The third kappa shape index (κ3) is 3.94. The zero-order valence-corrected chi connectivity index (χ0v) is 17.0. The maximum atomic E-state index is 12.8. The minimum atomic E-state index is -0.622. The number of hydrogen-bond acceptors (Lipinski definition) is 8. The first-order chi connectivity index (χ1) is 14.4. The number of ketones is 1. The van der Waals surface area contributed by atoms with Crippen molar-refractivity contribution in [3.05, 3.63) is 69.5 Å². The van der Waals surface area contributed by atoms with Crippen LogP contribution in [0.3, 0.4) is 0 Å². The van der Waals surface area contributed by atoms with Crippen molar-refractivity contribution in [1.29, 1.82) is 5.26 Å². The summed E-state index contributed by atoms with van der Waals surface area (Å²) in [7, 11) is 0. The first-order valence-corrected chi connectivity index (χ1v) is 9.68. The van der Waals surface area contributed by atoms with Crippen LogP contribution in [-0.2, 0) is 4.74 Å². The second-order valence-electron chi connectivity index (χ2n) is 6.18. The summed E-state index contributed by atoms with van der Waals surface area (Å²) in [6, 6.07) is 10.1. The Morgan fingerprint density at radius 3 is 2.70 bits per heavy atom. The fourth-order valence-electron chi connectivity index (χ4n) is 2.70. The Morgan fingerprint density at radius 1 is 1.30 bits per heavy atom. The number of nitrogen functional groups attached to an aromatic ring is 1. The van der Waals surface area contributed by atoms with Crippen molar-refractivity contribution in [2.45, 2.75) is 13.8 Å². The first kappa shape index (κ1) is 20.8. The van der Waals surface area contributed by atoms with E-state index in [-0.39, 0.29) is 39.1 Å². The summed E-state index contributed by atoms with van der Waals surface area (Å²) in [6.07, 6.45) is 1.11. The molecule has 0 aliphatic carbocycles. The molecule has 152 valence electrons. The number of rotatable bonds is 6. The molecule has 0 spiro atoms. The molecule has 0 fully saturated rings. The Bertz CT molecular complexity index is 1190. The van der Waals surface area contributed by atoms with E-state index in [9.17, 15) is 19.6 Å². The monoisotopic (exact) mass is 423 g/mol. The minimum Gasteiger partial charge on any atom is -0.462 e. The van der Waals surface area contributed by atoms with E-state index in [0.29, 0.717) is 5.56 Å². The van der Waals surface area contributed by atoms with Gasteiger partial charge < -0.3 is 20.2 Å². The van der Waals surface area contributed by atoms with Crippen LogP contribution in [0, 0.1) is 18.3 Å². The molecule has 0 aliphatic rings. The second-order valence-corrected chi connectivity index (χ2v) is 7.20. The van der Waals surface area contributed by atoms with Gasteiger partial charge in [-0.25, -0.2) is 4.79 Å². The van der Waals surface area contributed by atoms with Crippen LogP contribution in [0.2, 0.25) is 0 Å². The van der Waals surface area contributed by atoms with Crippen molar-refractivity contribution in [3.63, 3.8) is 0 Å². The number of furan rings is 1. The van der Waals surface area contributed by atoms with Crippen molar-refractivity contribution >= 4 is 39.7 Å². The maximum absolute atomic E-state index is 12.8. The van der Waals surface area contributed by atoms with E-state index < -0.39 is 17.7 Å². The fraction of sp³-hybridized carbons (Fsp3) is 0.143. The van der Waals surface area contributed by atoms with Gasteiger partial charge in [0.05, 0.1) is 17.9 Å². The number of nitriles is 1. The van der Waals surface area contributed by atoms with Gasteiger partial charge in [0.25, 0.3) is 5.91 Å². The molecular weight excluding hydrogens is 406 g/mol. The average Bonchev–Trinajstić information content (AvgIpc) is 3.33.